The van der Waals surface area contributed by atoms with Crippen LogP contribution >= 0.6 is 11.8 Å². The van der Waals surface area contributed by atoms with E-state index in [9.17, 15) is 9.18 Å². The van der Waals surface area contributed by atoms with E-state index in [-0.39, 0.29) is 34.6 Å². The predicted molar refractivity (Wildman–Crippen MR) is 113 cm³/mol. The minimum atomic E-state index is -0.622. The number of nitrogens with zero attached hydrogens (tertiary/aromatic N) is 2. The molecule has 158 valence electrons. The summed E-state index contributed by atoms with van der Waals surface area (Å²) in [4.78, 5) is 12.3. The van der Waals surface area contributed by atoms with Gasteiger partial charge in [0, 0.05) is 0 Å². The lowest BCUT2D eigenvalue weighted by Gasteiger charge is -2.14. The molecule has 1 heterocycles. The third kappa shape index (κ3) is 5.82. The van der Waals surface area contributed by atoms with Gasteiger partial charge in [-0.15, -0.1) is 10.2 Å². The van der Waals surface area contributed by atoms with E-state index in [4.69, 9.17) is 9.15 Å². The SMILES string of the molecule is CCc1ccc(C(C)NC(=O)CSc2nnc(C(C)Oc3ccccc3F)o2)cc1. The third-order valence-corrected chi connectivity index (χ3v) is 5.32. The van der Waals surface area contributed by atoms with Gasteiger partial charge in [0.25, 0.3) is 11.1 Å². The number of benzene rings is 2. The van der Waals surface area contributed by atoms with E-state index < -0.39 is 11.9 Å². The van der Waals surface area contributed by atoms with Gasteiger partial charge in [0.05, 0.1) is 11.8 Å². The monoisotopic (exact) mass is 429 g/mol. The zero-order valence-corrected chi connectivity index (χ0v) is 17.9. The van der Waals surface area contributed by atoms with Gasteiger partial charge in [-0.3, -0.25) is 4.79 Å². The Morgan fingerprint density at radius 1 is 1.17 bits per heavy atom. The third-order valence-electron chi connectivity index (χ3n) is 4.50. The van der Waals surface area contributed by atoms with Crippen molar-refractivity contribution in [2.24, 2.45) is 0 Å². The molecular formula is C22H24FN3O3S. The summed E-state index contributed by atoms with van der Waals surface area (Å²) < 4.78 is 24.8. The molecule has 1 aromatic heterocycles. The van der Waals surface area contributed by atoms with Gasteiger partial charge in [0.2, 0.25) is 5.91 Å². The van der Waals surface area contributed by atoms with Crippen molar-refractivity contribution in [1.82, 2.24) is 15.5 Å². The van der Waals surface area contributed by atoms with Crippen LogP contribution < -0.4 is 10.1 Å². The molecule has 0 aliphatic rings. The first kappa shape index (κ1) is 21.8. The fourth-order valence-corrected chi connectivity index (χ4v) is 3.34. The standard InChI is InChI=1S/C22H24FN3O3S/c1-4-16-9-11-17(12-10-16)14(2)24-20(27)13-30-22-26-25-21(29-22)15(3)28-19-8-6-5-7-18(19)23/h5-12,14-15H,4,13H2,1-3H3,(H,24,27). The highest BCUT2D eigenvalue weighted by molar-refractivity contribution is 7.99. The second-order valence-electron chi connectivity index (χ2n) is 6.77. The molecule has 0 aliphatic carbocycles. The number of rotatable bonds is 9. The first-order valence-corrected chi connectivity index (χ1v) is 10.7. The average Bonchev–Trinajstić information content (AvgIpc) is 3.23. The van der Waals surface area contributed by atoms with Gasteiger partial charge in [-0.1, -0.05) is 55.1 Å². The molecular weight excluding hydrogens is 405 g/mol. The lowest BCUT2D eigenvalue weighted by Crippen LogP contribution is -2.28. The van der Waals surface area contributed by atoms with E-state index >= 15 is 0 Å². The number of para-hydroxylation sites is 1. The summed E-state index contributed by atoms with van der Waals surface area (Å²) in [6.07, 6.45) is 0.358. The minimum Gasteiger partial charge on any atom is -0.478 e. The summed E-state index contributed by atoms with van der Waals surface area (Å²) in [6.45, 7) is 5.73. The number of ether oxygens (including phenoxy) is 1. The van der Waals surface area contributed by atoms with Crippen molar-refractivity contribution in [3.8, 4) is 5.75 Å². The largest absolute Gasteiger partial charge is 0.478 e. The Bertz CT molecular complexity index is 978. The van der Waals surface area contributed by atoms with E-state index in [2.05, 4.69) is 34.6 Å². The van der Waals surface area contributed by atoms with Crippen molar-refractivity contribution in [3.05, 3.63) is 71.4 Å². The van der Waals surface area contributed by atoms with Crippen LogP contribution in [0.25, 0.3) is 0 Å². The fourth-order valence-electron chi connectivity index (χ4n) is 2.76. The van der Waals surface area contributed by atoms with Gasteiger partial charge in [0.15, 0.2) is 17.7 Å². The Kier molecular flexibility index (Phi) is 7.46. The second-order valence-corrected chi connectivity index (χ2v) is 7.70. The summed E-state index contributed by atoms with van der Waals surface area (Å²) >= 11 is 1.14. The van der Waals surface area contributed by atoms with E-state index in [0.29, 0.717) is 0 Å². The number of nitrogens with one attached hydrogen (secondary N) is 1. The minimum absolute atomic E-state index is 0.101. The summed E-state index contributed by atoms with van der Waals surface area (Å²) in [5.74, 6) is -0.138. The molecule has 0 radical (unpaired) electrons. The number of carbonyl (C=O) groups is 1. The van der Waals surface area contributed by atoms with Crippen molar-refractivity contribution < 1.29 is 18.3 Å². The number of hydrogen-bond acceptors (Lipinski definition) is 6. The fraction of sp³-hybridized carbons (Fsp3) is 0.318. The second kappa shape index (κ2) is 10.2. The molecule has 3 aromatic rings. The van der Waals surface area contributed by atoms with Crippen LogP contribution in [0, 0.1) is 5.82 Å². The van der Waals surface area contributed by atoms with E-state index in [1.165, 1.54) is 17.7 Å². The molecule has 1 N–H and O–H groups in total. The maximum Gasteiger partial charge on any atom is 0.277 e. The molecule has 30 heavy (non-hydrogen) atoms. The highest BCUT2D eigenvalue weighted by atomic mass is 32.2. The molecule has 0 fully saturated rings. The van der Waals surface area contributed by atoms with Crippen molar-refractivity contribution >= 4 is 17.7 Å². The molecule has 2 atom stereocenters. The average molecular weight is 430 g/mol. The first-order valence-electron chi connectivity index (χ1n) is 9.71. The summed E-state index contributed by atoms with van der Waals surface area (Å²) in [5.41, 5.74) is 2.30. The maximum absolute atomic E-state index is 13.7. The van der Waals surface area contributed by atoms with Crippen LogP contribution in [0.3, 0.4) is 0 Å². The summed E-state index contributed by atoms with van der Waals surface area (Å²) in [7, 11) is 0. The Balaban J connectivity index is 1.49. The highest BCUT2D eigenvalue weighted by Gasteiger charge is 2.18. The molecule has 0 aliphatic heterocycles. The lowest BCUT2D eigenvalue weighted by molar-refractivity contribution is -0.119. The van der Waals surface area contributed by atoms with Crippen LogP contribution in [0.1, 0.15) is 49.9 Å². The Hall–Kier alpha value is -2.87. The summed E-state index contributed by atoms with van der Waals surface area (Å²) in [6, 6.07) is 14.2. The molecule has 0 saturated heterocycles. The molecule has 0 saturated carbocycles. The topological polar surface area (TPSA) is 77.2 Å². The van der Waals surface area contributed by atoms with E-state index in [0.717, 1.165) is 23.7 Å². The van der Waals surface area contributed by atoms with Crippen molar-refractivity contribution in [2.75, 3.05) is 5.75 Å². The van der Waals surface area contributed by atoms with Gasteiger partial charge in [-0.25, -0.2) is 4.39 Å². The normalized spacial score (nSPS) is 12.9. The van der Waals surface area contributed by atoms with E-state index in [1.807, 2.05) is 19.1 Å². The predicted octanol–water partition coefficient (Wildman–Crippen LogP) is 4.88. The van der Waals surface area contributed by atoms with Crippen molar-refractivity contribution in [3.63, 3.8) is 0 Å². The molecule has 0 spiro atoms. The number of hydrogen-bond donors (Lipinski definition) is 1. The first-order chi connectivity index (χ1) is 14.5. The van der Waals surface area contributed by atoms with Crippen LogP contribution in [0.4, 0.5) is 4.39 Å². The number of thioether (sulfide) groups is 1. The molecule has 2 unspecified atom stereocenters. The zero-order valence-electron chi connectivity index (χ0n) is 17.1. The van der Waals surface area contributed by atoms with Gasteiger partial charge < -0.3 is 14.5 Å². The zero-order chi connectivity index (χ0) is 21.5. The number of halogens is 1. The van der Waals surface area contributed by atoms with Gasteiger partial charge in [-0.2, -0.15) is 0 Å². The number of aryl methyl sites for hydroxylation is 1. The molecule has 1 amide bonds. The van der Waals surface area contributed by atoms with Gasteiger partial charge in [-0.05, 0) is 43.5 Å². The quantitative estimate of drug-likeness (QED) is 0.489. The molecule has 3 rings (SSSR count). The maximum atomic E-state index is 13.7. The van der Waals surface area contributed by atoms with Crippen LogP contribution in [0.15, 0.2) is 58.2 Å². The molecule has 0 bridgehead atoms. The van der Waals surface area contributed by atoms with Crippen LogP contribution in [0.2, 0.25) is 0 Å². The van der Waals surface area contributed by atoms with Gasteiger partial charge in [0.1, 0.15) is 0 Å². The summed E-state index contributed by atoms with van der Waals surface area (Å²) in [5, 5.41) is 11.1. The van der Waals surface area contributed by atoms with E-state index in [1.54, 1.807) is 19.1 Å². The Labute approximate surface area is 179 Å². The number of amides is 1. The van der Waals surface area contributed by atoms with Crippen LogP contribution in [-0.4, -0.2) is 21.9 Å². The molecule has 2 aromatic carbocycles. The molecule has 6 nitrogen and oxygen atoms in total. The number of aromatic nitrogens is 2. The Morgan fingerprint density at radius 3 is 2.60 bits per heavy atom. The van der Waals surface area contributed by atoms with Gasteiger partial charge >= 0.3 is 0 Å². The van der Waals surface area contributed by atoms with Crippen LogP contribution in [-0.2, 0) is 11.2 Å². The Morgan fingerprint density at radius 2 is 1.90 bits per heavy atom. The smallest absolute Gasteiger partial charge is 0.277 e. The lowest BCUT2D eigenvalue weighted by atomic mass is 10.1. The van der Waals surface area contributed by atoms with Crippen molar-refractivity contribution in [2.45, 2.75) is 44.6 Å². The van der Waals surface area contributed by atoms with Crippen molar-refractivity contribution in [1.29, 1.82) is 0 Å². The molecule has 8 heteroatoms. The number of carbonyl (C=O) groups excluding carboxylic acids is 1. The highest BCUT2D eigenvalue weighted by Crippen LogP contribution is 2.25. The van der Waals surface area contributed by atoms with Crippen LogP contribution in [0.5, 0.6) is 5.75 Å².